The highest BCUT2D eigenvalue weighted by molar-refractivity contribution is 7.07. The van der Waals surface area contributed by atoms with Crippen molar-refractivity contribution in [1.29, 1.82) is 0 Å². The van der Waals surface area contributed by atoms with E-state index in [2.05, 4.69) is 4.99 Å². The van der Waals surface area contributed by atoms with Gasteiger partial charge in [0.05, 0.1) is 29.5 Å². The SMILES string of the molecule is CCOC(=O)C1=C(C)N=c2sc(=Cc3ccc(-c4cccc(Cl)c4)o3)c(=O)n2[C@@H]1c1ccccc1OC. The minimum atomic E-state index is -0.757. The molecule has 1 aliphatic rings. The van der Waals surface area contributed by atoms with Crippen molar-refractivity contribution in [1.82, 2.24) is 4.57 Å². The molecule has 37 heavy (non-hydrogen) atoms. The Morgan fingerprint density at radius 3 is 2.76 bits per heavy atom. The Labute approximate surface area is 221 Å². The molecule has 0 saturated carbocycles. The van der Waals surface area contributed by atoms with Gasteiger partial charge in [0.2, 0.25) is 0 Å². The normalized spacial score (nSPS) is 15.4. The van der Waals surface area contributed by atoms with E-state index in [9.17, 15) is 9.59 Å². The number of ether oxygens (including phenoxy) is 2. The van der Waals surface area contributed by atoms with Gasteiger partial charge in [0.1, 0.15) is 23.3 Å². The maximum Gasteiger partial charge on any atom is 0.338 e. The molecule has 2 aromatic carbocycles. The molecule has 0 aliphatic carbocycles. The van der Waals surface area contributed by atoms with Crippen molar-refractivity contribution in [2.75, 3.05) is 13.7 Å². The number of esters is 1. The smallest absolute Gasteiger partial charge is 0.338 e. The van der Waals surface area contributed by atoms with Crippen molar-refractivity contribution in [3.63, 3.8) is 0 Å². The van der Waals surface area contributed by atoms with Crippen molar-refractivity contribution in [2.24, 2.45) is 4.99 Å². The summed E-state index contributed by atoms with van der Waals surface area (Å²) in [5, 5.41) is 0.605. The summed E-state index contributed by atoms with van der Waals surface area (Å²) in [5.41, 5.74) is 1.99. The second kappa shape index (κ2) is 10.2. The first-order valence-corrected chi connectivity index (χ1v) is 12.8. The third kappa shape index (κ3) is 4.65. The van der Waals surface area contributed by atoms with Crippen molar-refractivity contribution in [2.45, 2.75) is 19.9 Å². The van der Waals surface area contributed by atoms with E-state index in [1.807, 2.05) is 42.5 Å². The molecule has 4 aromatic rings. The van der Waals surface area contributed by atoms with Gasteiger partial charge in [-0.2, -0.15) is 0 Å². The summed E-state index contributed by atoms with van der Waals surface area (Å²) in [5.74, 6) is 1.17. The standard InChI is InChI=1S/C28H23ClN2O5S/c1-4-35-27(33)24-16(2)30-28-31(25(24)20-10-5-6-11-22(20)34-3)26(32)23(37-28)15-19-12-13-21(36-19)17-8-7-9-18(29)14-17/h5-15,25H,4H2,1-3H3/t25-/m1/s1. The van der Waals surface area contributed by atoms with Crippen LogP contribution in [0, 0.1) is 0 Å². The van der Waals surface area contributed by atoms with Gasteiger partial charge in [-0.05, 0) is 44.2 Å². The first kappa shape index (κ1) is 24.8. The van der Waals surface area contributed by atoms with Crippen LogP contribution in [0.5, 0.6) is 5.75 Å². The minimum absolute atomic E-state index is 0.201. The Hall–Kier alpha value is -3.88. The molecule has 5 rings (SSSR count). The van der Waals surface area contributed by atoms with E-state index < -0.39 is 12.0 Å². The molecule has 0 unspecified atom stereocenters. The molecule has 2 aromatic heterocycles. The Morgan fingerprint density at radius 2 is 2.00 bits per heavy atom. The highest BCUT2D eigenvalue weighted by Crippen LogP contribution is 2.35. The van der Waals surface area contributed by atoms with E-state index in [1.165, 1.54) is 15.9 Å². The number of methoxy groups -OCH3 is 1. The van der Waals surface area contributed by atoms with E-state index in [0.29, 0.717) is 48.5 Å². The van der Waals surface area contributed by atoms with Crippen molar-refractivity contribution in [3.8, 4) is 17.1 Å². The number of nitrogens with zero attached hydrogens (tertiary/aromatic N) is 2. The van der Waals surface area contributed by atoms with Crippen LogP contribution in [0.25, 0.3) is 17.4 Å². The van der Waals surface area contributed by atoms with Crippen LogP contribution in [0.2, 0.25) is 5.02 Å². The molecule has 188 valence electrons. The predicted molar refractivity (Wildman–Crippen MR) is 143 cm³/mol. The van der Waals surface area contributed by atoms with Crippen LogP contribution in [-0.2, 0) is 9.53 Å². The van der Waals surface area contributed by atoms with Crippen LogP contribution in [0.4, 0.5) is 0 Å². The maximum atomic E-state index is 13.8. The molecular formula is C28H23ClN2O5S. The molecule has 0 amide bonds. The number of fused-ring (bicyclic) bond motifs is 1. The fourth-order valence-electron chi connectivity index (χ4n) is 4.33. The second-order valence-electron chi connectivity index (χ2n) is 8.26. The van der Waals surface area contributed by atoms with Crippen LogP contribution in [-0.4, -0.2) is 24.3 Å². The molecule has 1 atom stereocenters. The summed E-state index contributed by atoms with van der Waals surface area (Å²) in [7, 11) is 1.55. The topological polar surface area (TPSA) is 83.0 Å². The fourth-order valence-corrected chi connectivity index (χ4v) is 5.55. The van der Waals surface area contributed by atoms with Crippen LogP contribution in [0.3, 0.4) is 0 Å². The summed E-state index contributed by atoms with van der Waals surface area (Å²) in [6.07, 6.45) is 1.68. The van der Waals surface area contributed by atoms with E-state index in [4.69, 9.17) is 25.5 Å². The maximum absolute atomic E-state index is 13.8. The molecule has 0 N–H and O–H groups in total. The monoisotopic (exact) mass is 534 g/mol. The third-order valence-electron chi connectivity index (χ3n) is 5.96. The highest BCUT2D eigenvalue weighted by Gasteiger charge is 2.34. The first-order valence-electron chi connectivity index (χ1n) is 11.6. The van der Waals surface area contributed by atoms with Crippen molar-refractivity contribution < 1.29 is 18.7 Å². The van der Waals surface area contributed by atoms with Crippen LogP contribution in [0.1, 0.15) is 31.2 Å². The van der Waals surface area contributed by atoms with Crippen molar-refractivity contribution in [3.05, 3.63) is 108 Å². The summed E-state index contributed by atoms with van der Waals surface area (Å²) in [4.78, 5) is 31.9. The Kier molecular flexibility index (Phi) is 6.86. The van der Waals surface area contributed by atoms with Gasteiger partial charge in [-0.1, -0.05) is 53.3 Å². The number of benzene rings is 2. The Bertz CT molecular complexity index is 1710. The van der Waals surface area contributed by atoms with Crippen molar-refractivity contribution >= 4 is 35.0 Å². The number of furan rings is 1. The zero-order chi connectivity index (χ0) is 26.1. The number of hydrogen-bond donors (Lipinski definition) is 0. The van der Waals surface area contributed by atoms with E-state index in [-0.39, 0.29) is 12.2 Å². The van der Waals surface area contributed by atoms with E-state index >= 15 is 0 Å². The van der Waals surface area contributed by atoms with Gasteiger partial charge >= 0.3 is 5.97 Å². The molecular weight excluding hydrogens is 512 g/mol. The van der Waals surface area contributed by atoms with Gasteiger partial charge in [0, 0.05) is 22.2 Å². The van der Waals surface area contributed by atoms with Crippen LogP contribution in [0.15, 0.2) is 86.1 Å². The Balaban J connectivity index is 1.67. The molecule has 1 aliphatic heterocycles. The lowest BCUT2D eigenvalue weighted by atomic mass is 9.95. The zero-order valence-electron chi connectivity index (χ0n) is 20.4. The zero-order valence-corrected chi connectivity index (χ0v) is 21.9. The lowest BCUT2D eigenvalue weighted by molar-refractivity contribution is -0.139. The molecule has 0 fully saturated rings. The van der Waals surface area contributed by atoms with Gasteiger partial charge in [0.25, 0.3) is 5.56 Å². The van der Waals surface area contributed by atoms with Crippen LogP contribution >= 0.6 is 22.9 Å². The van der Waals surface area contributed by atoms with E-state index in [1.54, 1.807) is 45.2 Å². The lowest BCUT2D eigenvalue weighted by Crippen LogP contribution is -2.40. The summed E-state index contributed by atoms with van der Waals surface area (Å²) in [6, 6.07) is 17.5. The summed E-state index contributed by atoms with van der Waals surface area (Å²) in [6.45, 7) is 3.68. The average Bonchev–Trinajstić information content (AvgIpc) is 3.48. The molecule has 7 nitrogen and oxygen atoms in total. The largest absolute Gasteiger partial charge is 0.496 e. The number of carbonyl (C=O) groups is 1. The van der Waals surface area contributed by atoms with Gasteiger partial charge < -0.3 is 13.9 Å². The van der Waals surface area contributed by atoms with Gasteiger partial charge in [-0.25, -0.2) is 9.79 Å². The number of rotatable bonds is 6. The van der Waals surface area contributed by atoms with Gasteiger partial charge in [0.15, 0.2) is 4.80 Å². The van der Waals surface area contributed by atoms with Gasteiger partial charge in [-0.15, -0.1) is 0 Å². The fraction of sp³-hybridized carbons (Fsp3) is 0.179. The third-order valence-corrected chi connectivity index (χ3v) is 7.18. The lowest BCUT2D eigenvalue weighted by Gasteiger charge is -2.25. The van der Waals surface area contributed by atoms with Crippen LogP contribution < -0.4 is 19.6 Å². The number of allylic oxidation sites excluding steroid dienone is 1. The average molecular weight is 535 g/mol. The van der Waals surface area contributed by atoms with E-state index in [0.717, 1.165) is 5.56 Å². The number of hydrogen-bond acceptors (Lipinski definition) is 7. The number of thiazole rings is 1. The molecule has 9 heteroatoms. The molecule has 3 heterocycles. The number of carbonyl (C=O) groups excluding carboxylic acids is 1. The van der Waals surface area contributed by atoms with Gasteiger partial charge in [-0.3, -0.25) is 9.36 Å². The second-order valence-corrected chi connectivity index (χ2v) is 9.70. The summed E-state index contributed by atoms with van der Waals surface area (Å²) >= 11 is 7.34. The minimum Gasteiger partial charge on any atom is -0.496 e. The number of para-hydroxylation sites is 1. The molecule has 0 bridgehead atoms. The molecule has 0 spiro atoms. The number of halogens is 1. The quantitative estimate of drug-likeness (QED) is 0.334. The molecule has 0 saturated heterocycles. The molecule has 0 radical (unpaired) electrons. The number of aromatic nitrogens is 1. The highest BCUT2D eigenvalue weighted by atomic mass is 35.5. The predicted octanol–water partition coefficient (Wildman–Crippen LogP) is 4.72. The Morgan fingerprint density at radius 1 is 1.19 bits per heavy atom. The first-order chi connectivity index (χ1) is 17.9. The summed E-state index contributed by atoms with van der Waals surface area (Å²) < 4.78 is 18.9.